The first kappa shape index (κ1) is 20.3. The predicted molar refractivity (Wildman–Crippen MR) is 109 cm³/mol. The van der Waals surface area contributed by atoms with Gasteiger partial charge in [0.1, 0.15) is 5.75 Å². The second-order valence-corrected chi connectivity index (χ2v) is 8.07. The molecule has 3 rings (SSSR count). The Morgan fingerprint density at radius 3 is 2.33 bits per heavy atom. The highest BCUT2D eigenvalue weighted by Crippen LogP contribution is 2.25. The molecule has 0 radical (unpaired) electrons. The smallest absolute Gasteiger partial charge is 0.118 e. The third-order valence-corrected chi connectivity index (χ3v) is 5.66. The molecule has 27 heavy (non-hydrogen) atoms. The molecule has 0 bridgehead atoms. The predicted octanol–water partition coefficient (Wildman–Crippen LogP) is 2.36. The Balaban J connectivity index is 1.50. The maximum atomic E-state index is 9.84. The summed E-state index contributed by atoms with van der Waals surface area (Å²) in [5.74, 6) is 1.78. The molecule has 2 saturated heterocycles. The maximum absolute atomic E-state index is 9.84. The molecule has 2 aliphatic rings. The number of hydrogen-bond acceptors (Lipinski definition) is 5. The van der Waals surface area contributed by atoms with Crippen molar-refractivity contribution in [2.45, 2.75) is 26.1 Å². The average molecular weight is 375 g/mol. The van der Waals surface area contributed by atoms with Gasteiger partial charge in [0.05, 0.1) is 19.3 Å². The van der Waals surface area contributed by atoms with Crippen molar-refractivity contribution in [3.05, 3.63) is 35.9 Å². The van der Waals surface area contributed by atoms with Gasteiger partial charge in [-0.15, -0.1) is 0 Å². The van der Waals surface area contributed by atoms with E-state index >= 15 is 0 Å². The van der Waals surface area contributed by atoms with Crippen molar-refractivity contribution in [1.29, 1.82) is 0 Å². The van der Waals surface area contributed by atoms with Crippen molar-refractivity contribution < 1.29 is 14.6 Å². The van der Waals surface area contributed by atoms with Crippen LogP contribution in [-0.4, -0.2) is 80.1 Å². The zero-order valence-corrected chi connectivity index (χ0v) is 16.9. The molecule has 0 saturated carbocycles. The highest BCUT2D eigenvalue weighted by atomic mass is 16.5. The highest BCUT2D eigenvalue weighted by molar-refractivity contribution is 5.50. The van der Waals surface area contributed by atoms with Crippen molar-refractivity contribution >= 4 is 6.08 Å². The fraction of sp³-hybridized carbons (Fsp3) is 0.636. The number of morpholine rings is 1. The second-order valence-electron chi connectivity index (χ2n) is 8.07. The Labute approximate surface area is 163 Å². The van der Waals surface area contributed by atoms with E-state index in [1.807, 2.05) is 12.1 Å². The average Bonchev–Trinajstić information content (AvgIpc) is 3.03. The number of methoxy groups -OCH3 is 1. The maximum Gasteiger partial charge on any atom is 0.118 e. The van der Waals surface area contributed by atoms with Gasteiger partial charge in [0, 0.05) is 45.9 Å². The fourth-order valence-corrected chi connectivity index (χ4v) is 4.42. The van der Waals surface area contributed by atoms with E-state index in [9.17, 15) is 5.11 Å². The molecular formula is C22H34N2O3. The van der Waals surface area contributed by atoms with E-state index in [0.717, 1.165) is 45.0 Å². The summed E-state index contributed by atoms with van der Waals surface area (Å²) >= 11 is 0. The second kappa shape index (κ2) is 9.69. The quantitative estimate of drug-likeness (QED) is 0.794. The Morgan fingerprint density at radius 2 is 1.70 bits per heavy atom. The van der Waals surface area contributed by atoms with Gasteiger partial charge in [0.15, 0.2) is 0 Å². The molecule has 5 nitrogen and oxygen atoms in total. The summed E-state index contributed by atoms with van der Waals surface area (Å²) in [6.07, 6.45) is 4.97. The van der Waals surface area contributed by atoms with Crippen molar-refractivity contribution in [1.82, 2.24) is 9.80 Å². The number of aliphatic hydroxyl groups is 1. The van der Waals surface area contributed by atoms with Gasteiger partial charge in [-0.05, 0) is 43.4 Å². The van der Waals surface area contributed by atoms with Gasteiger partial charge in [-0.1, -0.05) is 24.3 Å². The topological polar surface area (TPSA) is 45.2 Å². The Morgan fingerprint density at radius 1 is 1.04 bits per heavy atom. The lowest BCUT2D eigenvalue weighted by Gasteiger charge is -2.37. The highest BCUT2D eigenvalue weighted by Gasteiger charge is 2.34. The largest absolute Gasteiger partial charge is 0.497 e. The number of aliphatic hydroxyl groups excluding tert-OH is 1. The van der Waals surface area contributed by atoms with Crippen LogP contribution in [0.25, 0.3) is 6.08 Å². The summed E-state index contributed by atoms with van der Waals surface area (Å²) in [5, 5.41) is 9.84. The van der Waals surface area contributed by atoms with E-state index in [1.54, 1.807) is 7.11 Å². The molecule has 2 heterocycles. The van der Waals surface area contributed by atoms with Crippen LogP contribution in [0.3, 0.4) is 0 Å². The molecular weight excluding hydrogens is 340 g/mol. The molecule has 2 aliphatic heterocycles. The Bertz CT molecular complexity index is 594. The SMILES string of the molecule is COc1ccc(/C=C/CN2C[C@H](CO)[C@H](CN3C[C@@H](C)O[C@@H](C)C3)C2)cc1. The summed E-state index contributed by atoms with van der Waals surface area (Å²) in [5.41, 5.74) is 1.18. The number of benzene rings is 1. The van der Waals surface area contributed by atoms with Crippen LogP contribution in [0.15, 0.2) is 30.3 Å². The molecule has 0 amide bonds. The lowest BCUT2D eigenvalue weighted by Crippen LogP contribution is -2.48. The van der Waals surface area contributed by atoms with Crippen LogP contribution in [0, 0.1) is 11.8 Å². The van der Waals surface area contributed by atoms with Crippen molar-refractivity contribution in [3.8, 4) is 5.75 Å². The summed E-state index contributed by atoms with van der Waals surface area (Å²) in [4.78, 5) is 4.97. The molecule has 1 aromatic carbocycles. The van der Waals surface area contributed by atoms with Crippen LogP contribution in [0.1, 0.15) is 19.4 Å². The monoisotopic (exact) mass is 374 g/mol. The Kier molecular flexibility index (Phi) is 7.30. The normalized spacial score (nSPS) is 30.2. The van der Waals surface area contributed by atoms with Gasteiger partial charge < -0.3 is 14.6 Å². The molecule has 0 aromatic heterocycles. The molecule has 0 unspecified atom stereocenters. The lowest BCUT2D eigenvalue weighted by molar-refractivity contribution is -0.0727. The third kappa shape index (κ3) is 5.79. The zero-order chi connectivity index (χ0) is 19.2. The summed E-state index contributed by atoms with van der Waals surface area (Å²) < 4.78 is 11.0. The van der Waals surface area contributed by atoms with Gasteiger partial charge in [-0.2, -0.15) is 0 Å². The molecule has 150 valence electrons. The van der Waals surface area contributed by atoms with Gasteiger partial charge in [0.25, 0.3) is 0 Å². The first-order valence-corrected chi connectivity index (χ1v) is 10.1. The summed E-state index contributed by atoms with van der Waals surface area (Å²) in [7, 11) is 1.68. The van der Waals surface area contributed by atoms with Gasteiger partial charge >= 0.3 is 0 Å². The first-order valence-electron chi connectivity index (χ1n) is 10.1. The number of nitrogens with zero attached hydrogens (tertiary/aromatic N) is 2. The third-order valence-electron chi connectivity index (χ3n) is 5.66. The molecule has 0 aliphatic carbocycles. The number of likely N-dealkylation sites (tertiary alicyclic amines) is 1. The van der Waals surface area contributed by atoms with E-state index in [1.165, 1.54) is 5.56 Å². The molecule has 1 aromatic rings. The summed E-state index contributed by atoms with van der Waals surface area (Å²) in [6.45, 7) is 10.6. The van der Waals surface area contributed by atoms with Crippen LogP contribution in [0.2, 0.25) is 0 Å². The molecule has 5 heteroatoms. The molecule has 1 N–H and O–H groups in total. The summed E-state index contributed by atoms with van der Waals surface area (Å²) in [6, 6.07) is 8.11. The van der Waals surface area contributed by atoms with Crippen LogP contribution in [0.5, 0.6) is 5.75 Å². The van der Waals surface area contributed by atoms with E-state index in [-0.39, 0.29) is 6.61 Å². The van der Waals surface area contributed by atoms with Gasteiger partial charge in [-0.3, -0.25) is 9.80 Å². The Hall–Kier alpha value is -1.40. The van der Waals surface area contributed by atoms with Gasteiger partial charge in [0.2, 0.25) is 0 Å². The molecule has 2 fully saturated rings. The van der Waals surface area contributed by atoms with Crippen molar-refractivity contribution in [3.63, 3.8) is 0 Å². The minimum atomic E-state index is 0.277. The first-order chi connectivity index (χ1) is 13.1. The minimum Gasteiger partial charge on any atom is -0.497 e. The van der Waals surface area contributed by atoms with E-state index in [0.29, 0.717) is 24.0 Å². The fourth-order valence-electron chi connectivity index (χ4n) is 4.42. The van der Waals surface area contributed by atoms with E-state index < -0.39 is 0 Å². The van der Waals surface area contributed by atoms with Crippen molar-refractivity contribution in [2.24, 2.45) is 11.8 Å². The molecule has 4 atom stereocenters. The van der Waals surface area contributed by atoms with Crippen LogP contribution < -0.4 is 4.74 Å². The number of rotatable bonds is 7. The zero-order valence-electron chi connectivity index (χ0n) is 16.9. The molecule has 0 spiro atoms. The minimum absolute atomic E-state index is 0.277. The van der Waals surface area contributed by atoms with E-state index in [4.69, 9.17) is 9.47 Å². The standard InChI is InChI=1S/C22H34N2O3/c1-17-11-24(12-18(2)27-17)14-20-13-23(15-21(20)16-25)10-4-5-19-6-8-22(26-3)9-7-19/h4-9,17-18,20-21,25H,10-16H2,1-3H3/b5-4+/t17-,18+,20-,21+/m0/s1. The number of ether oxygens (including phenoxy) is 2. The van der Waals surface area contributed by atoms with Crippen LogP contribution in [0.4, 0.5) is 0 Å². The number of hydrogen-bond donors (Lipinski definition) is 1. The van der Waals surface area contributed by atoms with Crippen LogP contribution in [-0.2, 0) is 4.74 Å². The van der Waals surface area contributed by atoms with E-state index in [2.05, 4.69) is 47.9 Å². The van der Waals surface area contributed by atoms with Crippen LogP contribution >= 0.6 is 0 Å². The lowest BCUT2D eigenvalue weighted by atomic mass is 9.96. The van der Waals surface area contributed by atoms with Gasteiger partial charge in [-0.25, -0.2) is 0 Å². The van der Waals surface area contributed by atoms with Crippen molar-refractivity contribution in [2.75, 3.05) is 53.0 Å².